The Labute approximate surface area is 220 Å². The summed E-state index contributed by atoms with van der Waals surface area (Å²) < 4.78 is 6.93. The van der Waals surface area contributed by atoms with Gasteiger partial charge in [-0.3, -0.25) is 14.4 Å². The van der Waals surface area contributed by atoms with Gasteiger partial charge in [-0.2, -0.15) is 0 Å². The van der Waals surface area contributed by atoms with E-state index in [1.165, 1.54) is 6.07 Å². The lowest BCUT2D eigenvalue weighted by Crippen LogP contribution is -2.25. The predicted molar refractivity (Wildman–Crippen MR) is 144 cm³/mol. The summed E-state index contributed by atoms with van der Waals surface area (Å²) in [5.41, 5.74) is 0.873. The molecule has 0 atom stereocenters. The third-order valence-corrected chi connectivity index (χ3v) is 6.55. The van der Waals surface area contributed by atoms with E-state index in [0.29, 0.717) is 33.6 Å². The van der Waals surface area contributed by atoms with Crippen molar-refractivity contribution in [3.8, 4) is 11.5 Å². The number of ether oxygens (including phenoxy) is 1. The Morgan fingerprint density at radius 1 is 0.865 bits per heavy atom. The smallest absolute Gasteiger partial charge is 0.274 e. The molecule has 0 aliphatic rings. The second-order valence-electron chi connectivity index (χ2n) is 7.99. The summed E-state index contributed by atoms with van der Waals surface area (Å²) in [6, 6.07) is 23.9. The van der Waals surface area contributed by atoms with Gasteiger partial charge in [-0.15, -0.1) is 0 Å². The molecule has 0 unspecified atom stereocenters. The van der Waals surface area contributed by atoms with Gasteiger partial charge in [0, 0.05) is 28.2 Å². The van der Waals surface area contributed by atoms with E-state index in [9.17, 15) is 14.4 Å². The lowest BCUT2D eigenvalue weighted by atomic mass is 10.2. The molecular formula is C27H19ClN4O4S. The van der Waals surface area contributed by atoms with Crippen molar-refractivity contribution in [3.63, 3.8) is 0 Å². The minimum Gasteiger partial charge on any atom is -0.457 e. The summed E-state index contributed by atoms with van der Waals surface area (Å²) in [7, 11) is 0. The molecule has 10 heteroatoms. The molecule has 0 saturated heterocycles. The number of thiazole rings is 1. The van der Waals surface area contributed by atoms with E-state index in [1.54, 1.807) is 55.5 Å². The van der Waals surface area contributed by atoms with Crippen LogP contribution < -0.4 is 20.9 Å². The molecule has 3 aromatic carbocycles. The van der Waals surface area contributed by atoms with Crippen LogP contribution in [0, 0.1) is 6.92 Å². The fourth-order valence-electron chi connectivity index (χ4n) is 3.59. The molecule has 0 aliphatic heterocycles. The number of hydrogen-bond donors (Lipinski definition) is 2. The lowest BCUT2D eigenvalue weighted by Gasteiger charge is -2.09. The molecule has 2 amide bonds. The van der Waals surface area contributed by atoms with Crippen LogP contribution >= 0.6 is 22.9 Å². The van der Waals surface area contributed by atoms with Crippen LogP contribution in [0.15, 0.2) is 89.7 Å². The number of aryl methyl sites for hydroxylation is 1. The lowest BCUT2D eigenvalue weighted by molar-refractivity contribution is 0.0989. The Morgan fingerprint density at radius 3 is 2.14 bits per heavy atom. The van der Waals surface area contributed by atoms with E-state index >= 15 is 0 Å². The topological polar surface area (TPSA) is 102 Å². The maximum absolute atomic E-state index is 13.3. The van der Waals surface area contributed by atoms with Gasteiger partial charge in [-0.05, 0) is 67.6 Å². The van der Waals surface area contributed by atoms with Crippen LogP contribution in [0.25, 0.3) is 4.96 Å². The quantitative estimate of drug-likeness (QED) is 0.280. The van der Waals surface area contributed by atoms with Gasteiger partial charge in [-0.1, -0.05) is 41.1 Å². The van der Waals surface area contributed by atoms with Crippen LogP contribution in [0.5, 0.6) is 11.5 Å². The minimum atomic E-state index is -0.627. The van der Waals surface area contributed by atoms with Crippen molar-refractivity contribution in [2.45, 2.75) is 6.92 Å². The number of amides is 2. The van der Waals surface area contributed by atoms with E-state index in [0.717, 1.165) is 15.7 Å². The molecule has 5 aromatic rings. The molecule has 0 fully saturated rings. The summed E-state index contributed by atoms with van der Waals surface area (Å²) in [4.78, 5) is 44.0. The Balaban J connectivity index is 1.44. The monoisotopic (exact) mass is 530 g/mol. The molecule has 5 rings (SSSR count). The van der Waals surface area contributed by atoms with Gasteiger partial charge in [0.2, 0.25) is 0 Å². The SMILES string of the molecule is Cc1cc(=O)n2c(C(=O)Nc3ccc(Cl)cc3)c(C(=O)Nc3ccc(Oc4ccccc4)cc3)sc2n1. The number of halogens is 1. The molecule has 0 bridgehead atoms. The number of nitrogens with zero attached hydrogens (tertiary/aromatic N) is 2. The van der Waals surface area contributed by atoms with E-state index in [2.05, 4.69) is 15.6 Å². The van der Waals surface area contributed by atoms with Gasteiger partial charge in [-0.25, -0.2) is 9.38 Å². The average molecular weight is 531 g/mol. The number of para-hydroxylation sites is 1. The molecule has 184 valence electrons. The first-order valence-corrected chi connectivity index (χ1v) is 12.3. The highest BCUT2D eigenvalue weighted by Gasteiger charge is 2.26. The van der Waals surface area contributed by atoms with Gasteiger partial charge in [0.25, 0.3) is 17.4 Å². The number of rotatable bonds is 6. The highest BCUT2D eigenvalue weighted by molar-refractivity contribution is 7.19. The second kappa shape index (κ2) is 10.3. The van der Waals surface area contributed by atoms with Gasteiger partial charge >= 0.3 is 0 Å². The molecule has 37 heavy (non-hydrogen) atoms. The maximum atomic E-state index is 13.3. The van der Waals surface area contributed by atoms with E-state index < -0.39 is 17.4 Å². The average Bonchev–Trinajstić information content (AvgIpc) is 3.27. The number of anilines is 2. The largest absolute Gasteiger partial charge is 0.457 e. The third-order valence-electron chi connectivity index (χ3n) is 5.26. The molecule has 2 aromatic heterocycles. The molecule has 0 radical (unpaired) electrons. The van der Waals surface area contributed by atoms with Crippen molar-refractivity contribution in [2.24, 2.45) is 0 Å². The van der Waals surface area contributed by atoms with Crippen molar-refractivity contribution in [1.82, 2.24) is 9.38 Å². The molecule has 8 nitrogen and oxygen atoms in total. The van der Waals surface area contributed by atoms with Crippen molar-refractivity contribution >= 4 is 51.1 Å². The first-order valence-electron chi connectivity index (χ1n) is 11.1. The van der Waals surface area contributed by atoms with E-state index in [-0.39, 0.29) is 15.5 Å². The Morgan fingerprint density at radius 2 is 1.46 bits per heavy atom. The number of aromatic nitrogens is 2. The summed E-state index contributed by atoms with van der Waals surface area (Å²) in [5, 5.41) is 6.02. The molecule has 2 N–H and O–H groups in total. The van der Waals surface area contributed by atoms with Crippen molar-refractivity contribution in [1.29, 1.82) is 0 Å². The molecule has 0 aliphatic carbocycles. The van der Waals surface area contributed by atoms with Crippen LogP contribution in [0.4, 0.5) is 11.4 Å². The minimum absolute atomic E-state index is 0.0475. The summed E-state index contributed by atoms with van der Waals surface area (Å²) in [5.74, 6) is 0.109. The van der Waals surface area contributed by atoms with Crippen molar-refractivity contribution < 1.29 is 14.3 Å². The first kappa shape index (κ1) is 24.2. The number of carbonyl (C=O) groups excluding carboxylic acids is 2. The van der Waals surface area contributed by atoms with Crippen molar-refractivity contribution in [3.05, 3.63) is 117 Å². The van der Waals surface area contributed by atoms with Gasteiger partial charge < -0.3 is 15.4 Å². The van der Waals surface area contributed by atoms with Crippen LogP contribution in [0.3, 0.4) is 0 Å². The highest BCUT2D eigenvalue weighted by Crippen LogP contribution is 2.26. The predicted octanol–water partition coefficient (Wildman–Crippen LogP) is 6.01. The zero-order valence-electron chi connectivity index (χ0n) is 19.4. The molecular weight excluding hydrogens is 512 g/mol. The fraction of sp³-hybridized carbons (Fsp3) is 0.0370. The van der Waals surface area contributed by atoms with Gasteiger partial charge in [0.05, 0.1) is 0 Å². The maximum Gasteiger partial charge on any atom is 0.274 e. The van der Waals surface area contributed by atoms with E-state index in [4.69, 9.17) is 16.3 Å². The van der Waals surface area contributed by atoms with Crippen molar-refractivity contribution in [2.75, 3.05) is 10.6 Å². The molecule has 0 saturated carbocycles. The Hall–Kier alpha value is -4.47. The normalized spacial score (nSPS) is 10.8. The van der Waals surface area contributed by atoms with Gasteiger partial charge in [0.1, 0.15) is 22.1 Å². The summed E-state index contributed by atoms with van der Waals surface area (Å²) in [6.07, 6.45) is 0. The van der Waals surface area contributed by atoms with Crippen LogP contribution in [-0.2, 0) is 0 Å². The number of carbonyl (C=O) groups is 2. The third kappa shape index (κ3) is 5.37. The van der Waals surface area contributed by atoms with Crippen LogP contribution in [-0.4, -0.2) is 21.2 Å². The van der Waals surface area contributed by atoms with Crippen LogP contribution in [0.1, 0.15) is 25.9 Å². The summed E-state index contributed by atoms with van der Waals surface area (Å²) in [6.45, 7) is 1.67. The van der Waals surface area contributed by atoms with Crippen LogP contribution in [0.2, 0.25) is 5.02 Å². The number of hydrogen-bond acceptors (Lipinski definition) is 6. The molecule has 0 spiro atoms. The standard InChI is InChI=1S/C27H19ClN4O4S/c1-16-15-22(33)32-23(25(34)30-18-9-7-17(28)8-10-18)24(37-27(32)29-16)26(35)31-19-11-13-21(14-12-19)36-20-5-3-2-4-6-20/h2-15H,1H3,(H,30,34)(H,31,35). The fourth-order valence-corrected chi connectivity index (χ4v) is 4.78. The molecule has 2 heterocycles. The number of benzene rings is 3. The first-order chi connectivity index (χ1) is 17.9. The number of nitrogens with one attached hydrogen (secondary N) is 2. The Kier molecular flexibility index (Phi) is 6.72. The summed E-state index contributed by atoms with van der Waals surface area (Å²) >= 11 is 6.89. The highest BCUT2D eigenvalue weighted by atomic mass is 35.5. The second-order valence-corrected chi connectivity index (χ2v) is 9.40. The zero-order chi connectivity index (χ0) is 25.9. The van der Waals surface area contributed by atoms with E-state index in [1.807, 2.05) is 30.3 Å². The zero-order valence-corrected chi connectivity index (χ0v) is 21.0. The van der Waals surface area contributed by atoms with Gasteiger partial charge in [0.15, 0.2) is 4.96 Å². The Bertz CT molecular complexity index is 1660. The number of fused-ring (bicyclic) bond motifs is 1.